The predicted octanol–water partition coefficient (Wildman–Crippen LogP) is 3.68. The fourth-order valence-corrected chi connectivity index (χ4v) is 2.71. The van der Waals surface area contributed by atoms with Crippen molar-refractivity contribution in [3.63, 3.8) is 0 Å². The lowest BCUT2D eigenvalue weighted by molar-refractivity contribution is 0.602. The molecule has 1 aromatic heterocycles. The van der Waals surface area contributed by atoms with E-state index in [2.05, 4.69) is 10.6 Å². The topological polar surface area (TPSA) is 71.6 Å². The molecule has 0 spiro atoms. The Labute approximate surface area is 142 Å². The number of rotatable bonds is 6. The minimum Gasteiger partial charge on any atom is -0.370 e. The van der Waals surface area contributed by atoms with Gasteiger partial charge in [0.05, 0.1) is 6.54 Å². The Balaban J connectivity index is 2.10. The van der Waals surface area contributed by atoms with Crippen LogP contribution in [0.1, 0.15) is 10.4 Å². The molecular formula is C16H12ClFN4S. The van der Waals surface area contributed by atoms with Crippen LogP contribution in [0, 0.1) is 28.5 Å². The van der Waals surface area contributed by atoms with E-state index in [0.29, 0.717) is 6.54 Å². The molecule has 0 fully saturated rings. The number of benzene rings is 1. The van der Waals surface area contributed by atoms with Crippen LogP contribution in [0.3, 0.4) is 0 Å². The SMILES string of the molecule is N#CC(NCc1cccs1)=C(C#N)NCc1c(F)cccc1Cl. The fourth-order valence-electron chi connectivity index (χ4n) is 1.83. The summed E-state index contributed by atoms with van der Waals surface area (Å²) in [5.41, 5.74) is 0.397. The zero-order valence-corrected chi connectivity index (χ0v) is 13.5. The molecule has 0 saturated carbocycles. The fraction of sp³-hybridized carbons (Fsp3) is 0.125. The van der Waals surface area contributed by atoms with Gasteiger partial charge in [-0.2, -0.15) is 10.5 Å². The summed E-state index contributed by atoms with van der Waals surface area (Å²) in [5.74, 6) is -0.465. The van der Waals surface area contributed by atoms with Crippen molar-refractivity contribution in [2.24, 2.45) is 0 Å². The van der Waals surface area contributed by atoms with Gasteiger partial charge in [-0.3, -0.25) is 0 Å². The summed E-state index contributed by atoms with van der Waals surface area (Å²) in [7, 11) is 0. The second-order valence-electron chi connectivity index (χ2n) is 4.46. The van der Waals surface area contributed by atoms with Crippen LogP contribution in [0.25, 0.3) is 0 Å². The summed E-state index contributed by atoms with van der Waals surface area (Å²) >= 11 is 7.48. The van der Waals surface area contributed by atoms with Crippen molar-refractivity contribution < 1.29 is 4.39 Å². The number of nitriles is 2. The lowest BCUT2D eigenvalue weighted by Gasteiger charge is -2.10. The monoisotopic (exact) mass is 346 g/mol. The molecule has 0 atom stereocenters. The smallest absolute Gasteiger partial charge is 0.148 e. The highest BCUT2D eigenvalue weighted by Crippen LogP contribution is 2.19. The van der Waals surface area contributed by atoms with Crippen LogP contribution in [0.4, 0.5) is 4.39 Å². The average Bonchev–Trinajstić information content (AvgIpc) is 3.06. The van der Waals surface area contributed by atoms with E-state index in [1.807, 2.05) is 29.7 Å². The second kappa shape index (κ2) is 8.19. The molecule has 2 N–H and O–H groups in total. The highest BCUT2D eigenvalue weighted by molar-refractivity contribution is 7.09. The normalized spacial score (nSPS) is 11.1. The van der Waals surface area contributed by atoms with Crippen molar-refractivity contribution in [3.8, 4) is 12.1 Å². The molecule has 4 nitrogen and oxygen atoms in total. The zero-order valence-electron chi connectivity index (χ0n) is 11.9. The third-order valence-electron chi connectivity index (χ3n) is 3.00. The molecule has 0 saturated heterocycles. The van der Waals surface area contributed by atoms with Gasteiger partial charge in [-0.15, -0.1) is 11.3 Å². The number of nitrogens with zero attached hydrogens (tertiary/aromatic N) is 2. The number of nitrogens with one attached hydrogen (secondary N) is 2. The lowest BCUT2D eigenvalue weighted by Crippen LogP contribution is -2.21. The number of hydrogen-bond donors (Lipinski definition) is 2. The number of allylic oxidation sites excluding steroid dienone is 2. The third kappa shape index (κ3) is 4.46. The van der Waals surface area contributed by atoms with E-state index in [1.54, 1.807) is 17.4 Å². The van der Waals surface area contributed by atoms with Crippen LogP contribution in [-0.2, 0) is 13.1 Å². The van der Waals surface area contributed by atoms with Gasteiger partial charge in [0.25, 0.3) is 0 Å². The van der Waals surface area contributed by atoms with Gasteiger partial charge in [0.15, 0.2) is 0 Å². The molecule has 0 aliphatic carbocycles. The molecule has 0 radical (unpaired) electrons. The first-order chi connectivity index (χ1) is 11.2. The molecule has 1 aromatic carbocycles. The molecule has 0 bridgehead atoms. The maximum atomic E-state index is 13.7. The van der Waals surface area contributed by atoms with Gasteiger partial charge in [0.1, 0.15) is 29.3 Å². The summed E-state index contributed by atoms with van der Waals surface area (Å²) < 4.78 is 13.7. The molecule has 0 aliphatic heterocycles. The number of halogens is 2. The molecule has 1 heterocycles. The molecule has 0 unspecified atom stereocenters. The Morgan fingerprint density at radius 1 is 1.09 bits per heavy atom. The summed E-state index contributed by atoms with van der Waals surface area (Å²) in [5, 5.41) is 26.3. The van der Waals surface area contributed by atoms with Crippen LogP contribution in [0.5, 0.6) is 0 Å². The van der Waals surface area contributed by atoms with Crippen molar-refractivity contribution in [3.05, 3.63) is 68.4 Å². The van der Waals surface area contributed by atoms with Crippen LogP contribution < -0.4 is 10.6 Å². The quantitative estimate of drug-likeness (QED) is 0.783. The Bertz CT molecular complexity index is 767. The summed E-state index contributed by atoms with van der Waals surface area (Å²) in [6.45, 7) is 0.453. The molecule has 2 aromatic rings. The molecule has 23 heavy (non-hydrogen) atoms. The number of hydrogen-bond acceptors (Lipinski definition) is 5. The van der Waals surface area contributed by atoms with Gasteiger partial charge in [0, 0.05) is 22.0 Å². The summed E-state index contributed by atoms with van der Waals surface area (Å²) in [6, 6.07) is 12.0. The minimum absolute atomic E-state index is 0.0141. The van der Waals surface area contributed by atoms with Crippen molar-refractivity contribution in [2.45, 2.75) is 13.1 Å². The summed E-state index contributed by atoms with van der Waals surface area (Å²) in [4.78, 5) is 1.03. The van der Waals surface area contributed by atoms with Gasteiger partial charge >= 0.3 is 0 Å². The first-order valence-corrected chi connectivity index (χ1v) is 7.89. The maximum absolute atomic E-state index is 13.7. The van der Waals surface area contributed by atoms with Crippen molar-refractivity contribution in [1.29, 1.82) is 10.5 Å². The van der Waals surface area contributed by atoms with E-state index in [9.17, 15) is 14.9 Å². The first-order valence-electron chi connectivity index (χ1n) is 6.63. The highest BCUT2D eigenvalue weighted by atomic mass is 35.5. The van der Waals surface area contributed by atoms with Crippen LogP contribution in [-0.4, -0.2) is 0 Å². The Morgan fingerprint density at radius 3 is 2.35 bits per heavy atom. The maximum Gasteiger partial charge on any atom is 0.148 e. The van der Waals surface area contributed by atoms with E-state index in [1.165, 1.54) is 12.1 Å². The Kier molecular flexibility index (Phi) is 5.99. The van der Waals surface area contributed by atoms with Gasteiger partial charge in [-0.1, -0.05) is 23.7 Å². The van der Waals surface area contributed by atoms with E-state index < -0.39 is 5.82 Å². The molecule has 0 aliphatic rings. The number of thiophene rings is 1. The standard InChI is InChI=1S/C16H12ClFN4S/c17-13-4-1-5-14(18)12(13)10-22-16(8-20)15(7-19)21-9-11-3-2-6-23-11/h1-6,21-22H,9-10H2. The highest BCUT2D eigenvalue weighted by Gasteiger charge is 2.10. The van der Waals surface area contributed by atoms with Gasteiger partial charge in [-0.25, -0.2) is 4.39 Å². The largest absolute Gasteiger partial charge is 0.370 e. The average molecular weight is 347 g/mol. The van der Waals surface area contributed by atoms with Crippen LogP contribution in [0.15, 0.2) is 47.1 Å². The molecule has 7 heteroatoms. The third-order valence-corrected chi connectivity index (χ3v) is 4.23. The van der Waals surface area contributed by atoms with E-state index >= 15 is 0 Å². The van der Waals surface area contributed by atoms with Gasteiger partial charge in [0.2, 0.25) is 0 Å². The minimum atomic E-state index is -0.465. The van der Waals surface area contributed by atoms with E-state index in [-0.39, 0.29) is 28.5 Å². The van der Waals surface area contributed by atoms with Crippen LogP contribution >= 0.6 is 22.9 Å². The molecular weight excluding hydrogens is 335 g/mol. The van der Waals surface area contributed by atoms with Gasteiger partial charge in [-0.05, 0) is 23.6 Å². The first kappa shape index (κ1) is 16.8. The molecule has 0 amide bonds. The summed E-state index contributed by atoms with van der Waals surface area (Å²) in [6.07, 6.45) is 0. The van der Waals surface area contributed by atoms with Crippen molar-refractivity contribution >= 4 is 22.9 Å². The Morgan fingerprint density at radius 2 is 1.78 bits per heavy atom. The van der Waals surface area contributed by atoms with Crippen molar-refractivity contribution in [1.82, 2.24) is 10.6 Å². The van der Waals surface area contributed by atoms with Crippen molar-refractivity contribution in [2.75, 3.05) is 0 Å². The lowest BCUT2D eigenvalue weighted by atomic mass is 10.2. The van der Waals surface area contributed by atoms with E-state index in [0.717, 1.165) is 4.88 Å². The predicted molar refractivity (Wildman–Crippen MR) is 87.7 cm³/mol. The van der Waals surface area contributed by atoms with Crippen LogP contribution in [0.2, 0.25) is 5.02 Å². The molecule has 2 rings (SSSR count). The molecule has 116 valence electrons. The second-order valence-corrected chi connectivity index (χ2v) is 5.90. The van der Waals surface area contributed by atoms with E-state index in [4.69, 9.17) is 11.6 Å². The van der Waals surface area contributed by atoms with Gasteiger partial charge < -0.3 is 10.6 Å². The Hall–Kier alpha value is -2.54. The zero-order chi connectivity index (χ0) is 16.7.